The van der Waals surface area contributed by atoms with Crippen LogP contribution in [-0.4, -0.2) is 0 Å². The molecule has 0 saturated heterocycles. The molecule has 0 aliphatic carbocycles. The second-order valence-electron chi connectivity index (χ2n) is 5.25. The highest BCUT2D eigenvalue weighted by atomic mass is 19.4. The summed E-state index contributed by atoms with van der Waals surface area (Å²) in [6, 6.07) is 6.65. The van der Waals surface area contributed by atoms with Gasteiger partial charge in [-0.3, -0.25) is 0 Å². The minimum atomic E-state index is -4.42. The number of hydrogen-bond acceptors (Lipinski definition) is 1. The molecule has 2 aromatic carbocycles. The minimum Gasteiger partial charge on any atom is -0.455 e. The minimum absolute atomic E-state index is 0.0770. The highest BCUT2D eigenvalue weighted by Gasteiger charge is 2.35. The fourth-order valence-corrected chi connectivity index (χ4v) is 2.69. The van der Waals surface area contributed by atoms with Crippen LogP contribution in [0.1, 0.15) is 22.3 Å². The van der Waals surface area contributed by atoms with Crippen LogP contribution >= 0.6 is 0 Å². The van der Waals surface area contributed by atoms with E-state index in [-0.39, 0.29) is 5.58 Å². The Morgan fingerprint density at radius 2 is 1.35 bits per heavy atom. The largest absolute Gasteiger partial charge is 0.455 e. The van der Waals surface area contributed by atoms with Crippen molar-refractivity contribution in [3.8, 4) is 0 Å². The Balaban J connectivity index is 2.54. The van der Waals surface area contributed by atoms with Gasteiger partial charge in [-0.2, -0.15) is 13.2 Å². The summed E-state index contributed by atoms with van der Waals surface area (Å²) in [6.45, 7) is 5.43. The van der Waals surface area contributed by atoms with Crippen LogP contribution in [0.5, 0.6) is 0 Å². The molecule has 0 fully saturated rings. The van der Waals surface area contributed by atoms with E-state index in [0.29, 0.717) is 16.5 Å². The third kappa shape index (κ3) is 1.87. The Bertz CT molecular complexity index is 825. The van der Waals surface area contributed by atoms with Crippen molar-refractivity contribution in [2.24, 2.45) is 0 Å². The molecule has 0 aliphatic heterocycles. The molecule has 0 spiro atoms. The normalized spacial score (nSPS) is 12.5. The number of rotatable bonds is 0. The van der Waals surface area contributed by atoms with Crippen molar-refractivity contribution >= 4 is 21.9 Å². The van der Waals surface area contributed by atoms with E-state index in [2.05, 4.69) is 0 Å². The molecule has 0 aliphatic rings. The Labute approximate surface area is 114 Å². The molecule has 1 heterocycles. The average Bonchev–Trinajstić information content (AvgIpc) is 2.66. The summed E-state index contributed by atoms with van der Waals surface area (Å²) in [5, 5.41) is 1.27. The number of furan rings is 1. The molecule has 3 aromatic rings. The zero-order chi connectivity index (χ0) is 14.7. The lowest BCUT2D eigenvalue weighted by molar-refractivity contribution is -0.136. The van der Waals surface area contributed by atoms with E-state index in [1.807, 2.05) is 26.0 Å². The Morgan fingerprint density at radius 1 is 0.800 bits per heavy atom. The topological polar surface area (TPSA) is 13.1 Å². The van der Waals surface area contributed by atoms with E-state index in [0.717, 1.165) is 22.6 Å². The van der Waals surface area contributed by atoms with Crippen molar-refractivity contribution in [2.45, 2.75) is 26.9 Å². The quantitative estimate of drug-likeness (QED) is 0.527. The van der Waals surface area contributed by atoms with Gasteiger partial charge in [0.05, 0.1) is 5.56 Å². The molecule has 1 aromatic heterocycles. The zero-order valence-electron chi connectivity index (χ0n) is 11.4. The number of aryl methyl sites for hydroxylation is 3. The lowest BCUT2D eigenvalue weighted by Gasteiger charge is -2.07. The lowest BCUT2D eigenvalue weighted by Crippen LogP contribution is -2.05. The molecular weight excluding hydrogens is 265 g/mol. The van der Waals surface area contributed by atoms with Crippen molar-refractivity contribution in [3.63, 3.8) is 0 Å². The fraction of sp³-hybridized carbons (Fsp3) is 0.250. The number of halogens is 3. The summed E-state index contributed by atoms with van der Waals surface area (Å²) in [4.78, 5) is 0. The van der Waals surface area contributed by atoms with Crippen LogP contribution in [0.2, 0.25) is 0 Å². The zero-order valence-corrected chi connectivity index (χ0v) is 11.4. The van der Waals surface area contributed by atoms with Gasteiger partial charge >= 0.3 is 6.18 Å². The predicted molar refractivity (Wildman–Crippen MR) is 72.9 cm³/mol. The Morgan fingerprint density at radius 3 is 1.95 bits per heavy atom. The van der Waals surface area contributed by atoms with Gasteiger partial charge in [0.2, 0.25) is 0 Å². The first-order valence-electron chi connectivity index (χ1n) is 6.28. The molecule has 104 valence electrons. The summed E-state index contributed by atoms with van der Waals surface area (Å²) in [5.41, 5.74) is 2.18. The molecule has 1 nitrogen and oxygen atoms in total. The molecular formula is C16H13F3O. The molecule has 0 unspecified atom stereocenters. The summed E-state index contributed by atoms with van der Waals surface area (Å²) < 4.78 is 45.0. The van der Waals surface area contributed by atoms with Gasteiger partial charge in [-0.15, -0.1) is 0 Å². The smallest absolute Gasteiger partial charge is 0.420 e. The summed E-state index contributed by atoms with van der Waals surface area (Å²) >= 11 is 0. The summed E-state index contributed by atoms with van der Waals surface area (Å²) in [6.07, 6.45) is -4.42. The fourth-order valence-electron chi connectivity index (χ4n) is 2.69. The molecule has 3 rings (SSSR count). The summed E-state index contributed by atoms with van der Waals surface area (Å²) in [5.74, 6) is 0. The van der Waals surface area contributed by atoms with Gasteiger partial charge in [-0.1, -0.05) is 6.07 Å². The number of hydrogen-bond donors (Lipinski definition) is 0. The molecule has 0 radical (unpaired) electrons. The van der Waals surface area contributed by atoms with Gasteiger partial charge in [0.1, 0.15) is 11.2 Å². The molecule has 4 heteroatoms. The molecule has 0 saturated carbocycles. The molecule has 0 amide bonds. The van der Waals surface area contributed by atoms with Crippen LogP contribution in [0.3, 0.4) is 0 Å². The van der Waals surface area contributed by atoms with E-state index in [9.17, 15) is 13.2 Å². The highest BCUT2D eigenvalue weighted by Crippen LogP contribution is 2.40. The summed E-state index contributed by atoms with van der Waals surface area (Å²) in [7, 11) is 0. The number of benzene rings is 2. The highest BCUT2D eigenvalue weighted by molar-refractivity contribution is 6.07. The van der Waals surface area contributed by atoms with Crippen LogP contribution < -0.4 is 0 Å². The first-order chi connectivity index (χ1) is 9.27. The van der Waals surface area contributed by atoms with Crippen LogP contribution in [0.15, 0.2) is 28.7 Å². The van der Waals surface area contributed by atoms with Gasteiger partial charge in [-0.25, -0.2) is 0 Å². The molecule has 0 atom stereocenters. The third-order valence-corrected chi connectivity index (χ3v) is 3.45. The number of alkyl halides is 3. The van der Waals surface area contributed by atoms with Crippen LogP contribution in [0.4, 0.5) is 13.2 Å². The van der Waals surface area contributed by atoms with Crippen molar-refractivity contribution in [2.75, 3.05) is 0 Å². The predicted octanol–water partition coefficient (Wildman–Crippen LogP) is 5.53. The first kappa shape index (κ1) is 13.0. The monoisotopic (exact) mass is 278 g/mol. The van der Waals surface area contributed by atoms with E-state index < -0.39 is 11.7 Å². The maximum Gasteiger partial charge on any atom is 0.420 e. The van der Waals surface area contributed by atoms with E-state index in [4.69, 9.17) is 4.42 Å². The van der Waals surface area contributed by atoms with Crippen LogP contribution in [0.25, 0.3) is 21.9 Å². The van der Waals surface area contributed by atoms with Gasteiger partial charge in [0.25, 0.3) is 0 Å². The average molecular weight is 278 g/mol. The second-order valence-corrected chi connectivity index (χ2v) is 5.25. The maximum absolute atomic E-state index is 13.1. The van der Waals surface area contributed by atoms with Gasteiger partial charge in [0.15, 0.2) is 0 Å². The lowest BCUT2D eigenvalue weighted by atomic mass is 10.0. The van der Waals surface area contributed by atoms with Crippen LogP contribution in [0, 0.1) is 20.8 Å². The number of fused-ring (bicyclic) bond motifs is 3. The Kier molecular flexibility index (Phi) is 2.61. The van der Waals surface area contributed by atoms with Gasteiger partial charge < -0.3 is 4.42 Å². The first-order valence-corrected chi connectivity index (χ1v) is 6.28. The molecule has 0 bridgehead atoms. The standard InChI is InChI=1S/C16H13F3O/c1-8-4-10(3)14-11(5-8)12-6-9(2)7-13(15(12)20-14)16(17,18)19/h4-7H,1-3H3. The van der Waals surface area contributed by atoms with Gasteiger partial charge in [0, 0.05) is 10.8 Å². The Hall–Kier alpha value is -1.97. The van der Waals surface area contributed by atoms with E-state index in [1.165, 1.54) is 0 Å². The maximum atomic E-state index is 13.1. The molecule has 0 N–H and O–H groups in total. The van der Waals surface area contributed by atoms with Crippen molar-refractivity contribution < 1.29 is 17.6 Å². The van der Waals surface area contributed by atoms with E-state index in [1.54, 1.807) is 13.0 Å². The van der Waals surface area contributed by atoms with Crippen molar-refractivity contribution in [1.29, 1.82) is 0 Å². The van der Waals surface area contributed by atoms with E-state index >= 15 is 0 Å². The molecule has 20 heavy (non-hydrogen) atoms. The van der Waals surface area contributed by atoms with Crippen molar-refractivity contribution in [3.05, 3.63) is 46.5 Å². The van der Waals surface area contributed by atoms with Crippen molar-refractivity contribution in [1.82, 2.24) is 0 Å². The second kappa shape index (κ2) is 4.01. The van der Waals surface area contributed by atoms with Crippen LogP contribution in [-0.2, 0) is 6.18 Å². The van der Waals surface area contributed by atoms with Gasteiger partial charge in [-0.05, 0) is 55.7 Å². The third-order valence-electron chi connectivity index (χ3n) is 3.45. The SMILES string of the molecule is Cc1cc(C)c2oc3c(C(F)(F)F)cc(C)cc3c2c1.